The number of halogens is 1. The summed E-state index contributed by atoms with van der Waals surface area (Å²) in [5.41, 5.74) is 1.32. The van der Waals surface area contributed by atoms with E-state index in [2.05, 4.69) is 9.88 Å². The van der Waals surface area contributed by atoms with Gasteiger partial charge in [0.15, 0.2) is 0 Å². The first kappa shape index (κ1) is 21.2. The van der Waals surface area contributed by atoms with Crippen molar-refractivity contribution in [3.63, 3.8) is 0 Å². The Morgan fingerprint density at radius 1 is 1.14 bits per heavy atom. The SMILES string of the molecule is CCC(CO)(c1ccc(Cl)cc1)n1ccc2c(NC(=O)OC(C)(C)C)cccc21. The number of nitrogens with one attached hydrogen (secondary N) is 1. The van der Waals surface area contributed by atoms with Crippen LogP contribution in [0.15, 0.2) is 54.7 Å². The highest BCUT2D eigenvalue weighted by Gasteiger charge is 2.33. The van der Waals surface area contributed by atoms with Gasteiger partial charge in [0.05, 0.1) is 23.3 Å². The lowest BCUT2D eigenvalue weighted by molar-refractivity contribution is 0.0636. The average Bonchev–Trinajstić information content (AvgIpc) is 3.09. The molecular weight excluding hydrogens is 388 g/mol. The first-order valence-corrected chi connectivity index (χ1v) is 10.1. The van der Waals surface area contributed by atoms with Gasteiger partial charge in [-0.2, -0.15) is 0 Å². The Kier molecular flexibility index (Phi) is 5.92. The maximum atomic E-state index is 12.2. The van der Waals surface area contributed by atoms with Gasteiger partial charge in [0.2, 0.25) is 0 Å². The van der Waals surface area contributed by atoms with E-state index in [1.165, 1.54) is 0 Å². The average molecular weight is 415 g/mol. The zero-order valence-electron chi connectivity index (χ0n) is 17.2. The number of benzene rings is 2. The van der Waals surface area contributed by atoms with E-state index in [1.54, 1.807) is 0 Å². The predicted molar refractivity (Wildman–Crippen MR) is 118 cm³/mol. The number of aliphatic hydroxyl groups is 1. The molecule has 2 N–H and O–H groups in total. The van der Waals surface area contributed by atoms with Crippen LogP contribution in [0.25, 0.3) is 10.9 Å². The predicted octanol–water partition coefficient (Wildman–Crippen LogP) is 5.79. The second kappa shape index (κ2) is 8.09. The van der Waals surface area contributed by atoms with Crippen LogP contribution in [0, 0.1) is 0 Å². The molecule has 3 aromatic rings. The number of hydrogen-bond donors (Lipinski definition) is 2. The van der Waals surface area contributed by atoms with Crippen molar-refractivity contribution in [2.24, 2.45) is 0 Å². The summed E-state index contributed by atoms with van der Waals surface area (Å²) in [4.78, 5) is 12.2. The van der Waals surface area contributed by atoms with Gasteiger partial charge in [0, 0.05) is 16.6 Å². The lowest BCUT2D eigenvalue weighted by Crippen LogP contribution is -2.37. The van der Waals surface area contributed by atoms with Crippen LogP contribution in [0.1, 0.15) is 39.7 Å². The van der Waals surface area contributed by atoms with Crippen LogP contribution in [0.5, 0.6) is 0 Å². The van der Waals surface area contributed by atoms with Crippen molar-refractivity contribution in [2.75, 3.05) is 11.9 Å². The van der Waals surface area contributed by atoms with Gasteiger partial charge in [-0.25, -0.2) is 4.79 Å². The molecule has 1 atom stereocenters. The summed E-state index contributed by atoms with van der Waals surface area (Å²) in [6.45, 7) is 7.45. The Hall–Kier alpha value is -2.50. The van der Waals surface area contributed by atoms with E-state index >= 15 is 0 Å². The highest BCUT2D eigenvalue weighted by atomic mass is 35.5. The van der Waals surface area contributed by atoms with E-state index in [9.17, 15) is 9.90 Å². The summed E-state index contributed by atoms with van der Waals surface area (Å²) in [6.07, 6.45) is 2.12. The van der Waals surface area contributed by atoms with E-state index in [0.717, 1.165) is 16.5 Å². The topological polar surface area (TPSA) is 63.5 Å². The van der Waals surface area contributed by atoms with Crippen molar-refractivity contribution >= 4 is 34.3 Å². The number of anilines is 1. The molecule has 0 radical (unpaired) electrons. The molecular formula is C23H27ClN2O3. The van der Waals surface area contributed by atoms with Crippen LogP contribution >= 0.6 is 11.6 Å². The molecule has 0 saturated carbocycles. The van der Waals surface area contributed by atoms with E-state index in [0.29, 0.717) is 17.1 Å². The van der Waals surface area contributed by atoms with Crippen LogP contribution in [0.4, 0.5) is 10.5 Å². The number of nitrogens with zero attached hydrogens (tertiary/aromatic N) is 1. The van der Waals surface area contributed by atoms with Gasteiger partial charge in [-0.1, -0.05) is 36.7 Å². The Morgan fingerprint density at radius 2 is 1.83 bits per heavy atom. The van der Waals surface area contributed by atoms with Gasteiger partial charge in [0.25, 0.3) is 0 Å². The maximum Gasteiger partial charge on any atom is 0.412 e. The summed E-state index contributed by atoms with van der Waals surface area (Å²) in [6, 6.07) is 15.2. The van der Waals surface area contributed by atoms with Crippen molar-refractivity contribution in [3.05, 3.63) is 65.3 Å². The third kappa shape index (κ3) is 4.26. The zero-order valence-corrected chi connectivity index (χ0v) is 18.0. The molecule has 3 rings (SSSR count). The van der Waals surface area contributed by atoms with Crippen molar-refractivity contribution in [2.45, 2.75) is 45.3 Å². The summed E-state index contributed by atoms with van der Waals surface area (Å²) >= 11 is 6.06. The molecule has 0 saturated heterocycles. The van der Waals surface area contributed by atoms with E-state index in [4.69, 9.17) is 16.3 Å². The number of amides is 1. The highest BCUT2D eigenvalue weighted by molar-refractivity contribution is 6.30. The molecule has 0 aliphatic rings. The number of ether oxygens (including phenoxy) is 1. The number of fused-ring (bicyclic) bond motifs is 1. The molecule has 1 heterocycles. The molecule has 1 amide bonds. The summed E-state index contributed by atoms with van der Waals surface area (Å²) < 4.78 is 7.44. The number of rotatable bonds is 5. The number of hydrogen-bond acceptors (Lipinski definition) is 3. The minimum absolute atomic E-state index is 0.0708. The Labute approximate surface area is 176 Å². The third-order valence-corrected chi connectivity index (χ3v) is 5.31. The normalized spacial score (nSPS) is 13.9. The second-order valence-corrected chi connectivity index (χ2v) is 8.54. The van der Waals surface area contributed by atoms with Gasteiger partial charge in [-0.3, -0.25) is 5.32 Å². The number of aromatic nitrogens is 1. The number of aliphatic hydroxyl groups excluding tert-OH is 1. The molecule has 0 spiro atoms. The summed E-state index contributed by atoms with van der Waals surface area (Å²) in [5, 5.41) is 14.8. The Balaban J connectivity index is 2.06. The fraction of sp³-hybridized carbons (Fsp3) is 0.348. The summed E-state index contributed by atoms with van der Waals surface area (Å²) in [7, 11) is 0. The van der Waals surface area contributed by atoms with E-state index < -0.39 is 17.2 Å². The third-order valence-electron chi connectivity index (χ3n) is 5.06. The highest BCUT2D eigenvalue weighted by Crippen LogP contribution is 2.36. The molecule has 1 aromatic heterocycles. The standard InChI is InChI=1S/C23H27ClN2O3/c1-5-23(15-27,16-9-11-17(24)12-10-16)26-14-13-18-19(7-6-8-20(18)26)25-21(28)29-22(2,3)4/h6-14,27H,5,15H2,1-4H3,(H,25,28). The lowest BCUT2D eigenvalue weighted by atomic mass is 9.87. The first-order chi connectivity index (χ1) is 13.7. The van der Waals surface area contributed by atoms with Gasteiger partial charge < -0.3 is 14.4 Å². The molecule has 0 aliphatic carbocycles. The summed E-state index contributed by atoms with van der Waals surface area (Å²) in [5.74, 6) is 0. The second-order valence-electron chi connectivity index (χ2n) is 8.10. The van der Waals surface area contributed by atoms with E-state index in [-0.39, 0.29) is 6.61 Å². The monoisotopic (exact) mass is 414 g/mol. The van der Waals surface area contributed by atoms with E-state index in [1.807, 2.05) is 82.4 Å². The number of carbonyl (C=O) groups excluding carboxylic acids is 1. The smallest absolute Gasteiger partial charge is 0.412 e. The lowest BCUT2D eigenvalue weighted by Gasteiger charge is -2.34. The maximum absolute atomic E-state index is 12.2. The first-order valence-electron chi connectivity index (χ1n) is 9.67. The van der Waals surface area contributed by atoms with Crippen molar-refractivity contribution < 1.29 is 14.6 Å². The molecule has 0 bridgehead atoms. The molecule has 1 unspecified atom stereocenters. The quantitative estimate of drug-likeness (QED) is 0.555. The minimum Gasteiger partial charge on any atom is -0.444 e. The van der Waals surface area contributed by atoms with Crippen LogP contribution < -0.4 is 5.32 Å². The molecule has 6 heteroatoms. The minimum atomic E-state index is -0.642. The van der Waals surface area contributed by atoms with Gasteiger partial charge in [-0.05, 0) is 63.1 Å². The largest absolute Gasteiger partial charge is 0.444 e. The van der Waals surface area contributed by atoms with Crippen LogP contribution in [0.2, 0.25) is 5.02 Å². The van der Waals surface area contributed by atoms with Crippen LogP contribution in [-0.2, 0) is 10.3 Å². The van der Waals surface area contributed by atoms with Crippen LogP contribution in [0.3, 0.4) is 0 Å². The zero-order chi connectivity index (χ0) is 21.2. The molecule has 154 valence electrons. The van der Waals surface area contributed by atoms with Crippen molar-refractivity contribution in [3.8, 4) is 0 Å². The number of carbonyl (C=O) groups is 1. The Morgan fingerprint density at radius 3 is 2.41 bits per heavy atom. The van der Waals surface area contributed by atoms with Crippen molar-refractivity contribution in [1.29, 1.82) is 0 Å². The molecule has 29 heavy (non-hydrogen) atoms. The molecule has 5 nitrogen and oxygen atoms in total. The Bertz CT molecular complexity index is 999. The molecule has 0 fully saturated rings. The van der Waals surface area contributed by atoms with Crippen LogP contribution in [-0.4, -0.2) is 28.0 Å². The fourth-order valence-corrected chi connectivity index (χ4v) is 3.74. The van der Waals surface area contributed by atoms with Crippen molar-refractivity contribution in [1.82, 2.24) is 4.57 Å². The van der Waals surface area contributed by atoms with Gasteiger partial charge >= 0.3 is 6.09 Å². The van der Waals surface area contributed by atoms with Gasteiger partial charge in [-0.15, -0.1) is 0 Å². The molecule has 0 aliphatic heterocycles. The molecule has 2 aromatic carbocycles. The fourth-order valence-electron chi connectivity index (χ4n) is 3.62. The van der Waals surface area contributed by atoms with Gasteiger partial charge in [0.1, 0.15) is 5.60 Å².